The molecule has 1 aliphatic carbocycles. The smallest absolute Gasteiger partial charge is 0 e. The van der Waals surface area contributed by atoms with Gasteiger partial charge in [0.05, 0.1) is 0 Å². The Morgan fingerprint density at radius 2 is 1.48 bits per heavy atom. The Morgan fingerprint density at radius 1 is 0.889 bits per heavy atom. The molecule has 0 saturated carbocycles. The van der Waals surface area contributed by atoms with Gasteiger partial charge in [0, 0.05) is 25.8 Å². The van der Waals surface area contributed by atoms with Crippen molar-refractivity contribution in [1.29, 1.82) is 0 Å². The van der Waals surface area contributed by atoms with Crippen LogP contribution in [-0.4, -0.2) is 0 Å². The number of fused-ring (bicyclic) bond motifs is 3. The van der Waals surface area contributed by atoms with Gasteiger partial charge < -0.3 is 0 Å². The van der Waals surface area contributed by atoms with E-state index in [1.807, 2.05) is 0 Å². The third-order valence-electron chi connectivity index (χ3n) is 6.14. The molecule has 0 saturated heterocycles. The number of rotatable bonds is 1. The molecule has 27 heavy (non-hydrogen) atoms. The van der Waals surface area contributed by atoms with Gasteiger partial charge in [-0.25, -0.2) is 5.57 Å². The van der Waals surface area contributed by atoms with Crippen LogP contribution in [0.15, 0.2) is 36.4 Å². The quantitative estimate of drug-likeness (QED) is 0.235. The molecule has 0 unspecified atom stereocenters. The maximum atomic E-state index is 3.53. The van der Waals surface area contributed by atoms with Gasteiger partial charge in [-0.3, -0.25) is 6.08 Å². The molecule has 1 heteroatoms. The Hall–Kier alpha value is -1.34. The summed E-state index contributed by atoms with van der Waals surface area (Å²) >= 11 is 0. The Morgan fingerprint density at radius 3 is 2.00 bits per heavy atom. The van der Waals surface area contributed by atoms with E-state index >= 15 is 0 Å². The summed E-state index contributed by atoms with van der Waals surface area (Å²) in [5, 5.41) is 2.72. The summed E-state index contributed by atoms with van der Waals surface area (Å²) in [5.41, 5.74) is 11.6. The summed E-state index contributed by atoms with van der Waals surface area (Å²) in [7, 11) is 0. The van der Waals surface area contributed by atoms with Gasteiger partial charge in [-0.15, -0.1) is 12.0 Å². The maximum Gasteiger partial charge on any atom is 0 e. The van der Waals surface area contributed by atoms with Crippen molar-refractivity contribution in [2.24, 2.45) is 5.92 Å². The first kappa shape index (κ1) is 22.0. The van der Waals surface area contributed by atoms with Gasteiger partial charge in [0.25, 0.3) is 0 Å². The van der Waals surface area contributed by atoms with Crippen LogP contribution in [0.3, 0.4) is 0 Å². The van der Waals surface area contributed by atoms with Crippen LogP contribution in [0.25, 0.3) is 16.3 Å². The number of benzene rings is 2. The molecule has 0 aromatic heterocycles. The second-order valence-corrected chi connectivity index (χ2v) is 7.87. The van der Waals surface area contributed by atoms with Crippen LogP contribution < -0.4 is 0 Å². The zero-order valence-corrected chi connectivity index (χ0v) is 21.3. The standard InChI is InChI=1S/C16H15.C10H15.Hf/c1-11(2)14-10-9-13-8-7-12-5-3-4-6-15(12)16(13)14;1-6-7(2)9(4)10(5)8(6)3;/h3-8,11H,9H2,1-2H3;1-5H3;/q2*-1;. The third kappa shape index (κ3) is 4.09. The zero-order valence-electron chi connectivity index (χ0n) is 17.7. The van der Waals surface area contributed by atoms with Gasteiger partial charge in [-0.05, 0) is 5.39 Å². The van der Waals surface area contributed by atoms with Crippen molar-refractivity contribution in [1.82, 2.24) is 0 Å². The predicted molar refractivity (Wildman–Crippen MR) is 115 cm³/mol. The molecule has 0 amide bonds. The monoisotopic (exact) mass is 522 g/mol. The first-order valence-electron chi connectivity index (χ1n) is 9.64. The molecule has 1 aliphatic rings. The van der Waals surface area contributed by atoms with Crippen molar-refractivity contribution in [3.63, 3.8) is 0 Å². The number of hydrogen-bond acceptors (Lipinski definition) is 0. The molecule has 140 valence electrons. The molecule has 0 bridgehead atoms. The summed E-state index contributed by atoms with van der Waals surface area (Å²) in [6.45, 7) is 15.5. The van der Waals surface area contributed by atoms with E-state index in [-0.39, 0.29) is 25.8 Å². The van der Waals surface area contributed by atoms with Gasteiger partial charge in [0.2, 0.25) is 0 Å². The minimum atomic E-state index is 0. The Kier molecular flexibility index (Phi) is 7.14. The molecule has 0 nitrogen and oxygen atoms in total. The average molecular weight is 521 g/mol. The Balaban J connectivity index is 0.000000208. The van der Waals surface area contributed by atoms with E-state index in [1.165, 1.54) is 55.3 Å². The van der Waals surface area contributed by atoms with Crippen LogP contribution in [-0.2, 0) is 32.3 Å². The van der Waals surface area contributed by atoms with Crippen LogP contribution in [0.5, 0.6) is 0 Å². The second-order valence-electron chi connectivity index (χ2n) is 7.87. The molecule has 0 N–H and O–H groups in total. The van der Waals surface area contributed by atoms with Crippen molar-refractivity contribution < 1.29 is 25.8 Å². The van der Waals surface area contributed by atoms with Crippen molar-refractivity contribution in [3.8, 4) is 0 Å². The summed E-state index contributed by atoms with van der Waals surface area (Å²) in [6, 6.07) is 13.1. The van der Waals surface area contributed by atoms with Gasteiger partial charge in [0.15, 0.2) is 0 Å². The van der Waals surface area contributed by atoms with Crippen molar-refractivity contribution in [3.05, 3.63) is 81.4 Å². The molecule has 0 radical (unpaired) electrons. The molecule has 3 aromatic rings. The molecule has 0 atom stereocenters. The number of allylic oxidation sites excluding steroid dienone is 2. The molecule has 0 heterocycles. The van der Waals surface area contributed by atoms with E-state index in [1.54, 1.807) is 0 Å². The number of hydrogen-bond donors (Lipinski definition) is 0. The van der Waals surface area contributed by atoms with Gasteiger partial charge in [0.1, 0.15) is 0 Å². The third-order valence-corrected chi connectivity index (χ3v) is 6.14. The van der Waals surface area contributed by atoms with Crippen LogP contribution in [0.2, 0.25) is 0 Å². The molecule has 0 fully saturated rings. The van der Waals surface area contributed by atoms with Gasteiger partial charge >= 0.3 is 0 Å². The normalized spacial score (nSPS) is 12.4. The Labute approximate surface area is 183 Å². The largest absolute Gasteiger partial charge is 0.268 e. The second kappa shape index (κ2) is 8.78. The molecule has 0 spiro atoms. The van der Waals surface area contributed by atoms with E-state index < -0.39 is 0 Å². The first-order chi connectivity index (χ1) is 12.3. The van der Waals surface area contributed by atoms with Gasteiger partial charge in [-0.2, -0.15) is 33.4 Å². The van der Waals surface area contributed by atoms with Crippen LogP contribution in [0.4, 0.5) is 0 Å². The van der Waals surface area contributed by atoms with Crippen LogP contribution in [0.1, 0.15) is 52.8 Å². The summed E-state index contributed by atoms with van der Waals surface area (Å²) in [6.07, 6.45) is 4.51. The molecule has 0 aliphatic heterocycles. The SMILES string of the molecule is CC(C)C1=[C-]Cc2ccc3ccccc3c21.Cc1c(C)c(C)[c-](C)c1C.[Hf]. The maximum absolute atomic E-state index is 3.53. The minimum absolute atomic E-state index is 0. The fraction of sp³-hybridized carbons (Fsp3) is 0.346. The van der Waals surface area contributed by atoms with Crippen LogP contribution in [0, 0.1) is 46.6 Å². The predicted octanol–water partition coefficient (Wildman–Crippen LogP) is 7.18. The fourth-order valence-electron chi connectivity index (χ4n) is 3.96. The minimum Gasteiger partial charge on any atom is -0.268 e. The van der Waals surface area contributed by atoms with Crippen LogP contribution >= 0.6 is 0 Å². The topological polar surface area (TPSA) is 0 Å². The average Bonchev–Trinajstić information content (AvgIpc) is 3.16. The zero-order chi connectivity index (χ0) is 19.0. The van der Waals surface area contributed by atoms with Gasteiger partial charge in [-0.1, -0.05) is 96.2 Å². The molecular formula is C26H30Hf-2. The Bertz CT molecular complexity index is 903. The van der Waals surface area contributed by atoms with E-state index in [0.29, 0.717) is 5.92 Å². The molecule has 3 aromatic carbocycles. The van der Waals surface area contributed by atoms with Crippen molar-refractivity contribution >= 4 is 16.3 Å². The fourth-order valence-corrected chi connectivity index (χ4v) is 3.96. The van der Waals surface area contributed by atoms with Crippen molar-refractivity contribution in [2.75, 3.05) is 0 Å². The van der Waals surface area contributed by atoms with Crippen molar-refractivity contribution in [2.45, 2.75) is 54.9 Å². The first-order valence-corrected chi connectivity index (χ1v) is 9.64. The van der Waals surface area contributed by atoms with E-state index in [9.17, 15) is 0 Å². The summed E-state index contributed by atoms with van der Waals surface area (Å²) in [4.78, 5) is 0. The van der Waals surface area contributed by atoms with E-state index in [0.717, 1.165) is 6.42 Å². The molecule has 4 rings (SSSR count). The van der Waals surface area contributed by atoms with E-state index in [4.69, 9.17) is 0 Å². The summed E-state index contributed by atoms with van der Waals surface area (Å²) in [5.74, 6) is 0.562. The van der Waals surface area contributed by atoms with E-state index in [2.05, 4.69) is 90.9 Å². The molecular weight excluding hydrogens is 491 g/mol. The summed E-state index contributed by atoms with van der Waals surface area (Å²) < 4.78 is 0.